The minimum atomic E-state index is 0.179. The van der Waals surface area contributed by atoms with Crippen LogP contribution in [-0.4, -0.2) is 44.2 Å². The zero-order valence-electron chi connectivity index (χ0n) is 13.7. The van der Waals surface area contributed by atoms with E-state index in [1.54, 1.807) is 0 Å². The molecule has 0 amide bonds. The summed E-state index contributed by atoms with van der Waals surface area (Å²) >= 11 is 3.58. The highest BCUT2D eigenvalue weighted by Crippen LogP contribution is 2.38. The molecule has 0 saturated heterocycles. The summed E-state index contributed by atoms with van der Waals surface area (Å²) in [6.07, 6.45) is 4.85. The SMILES string of the molecule is CC(N)Cc1cc(Br)ccc1N(C)CC1(N(C)C)CCC1. The van der Waals surface area contributed by atoms with E-state index in [-0.39, 0.29) is 6.04 Å². The van der Waals surface area contributed by atoms with Gasteiger partial charge in [-0.2, -0.15) is 0 Å². The fraction of sp³-hybridized carbons (Fsp3) is 0.647. The molecule has 1 aromatic rings. The maximum Gasteiger partial charge on any atom is 0.0398 e. The minimum Gasteiger partial charge on any atom is -0.373 e. The Morgan fingerprint density at radius 2 is 1.95 bits per heavy atom. The molecular weight excluding hydrogens is 326 g/mol. The van der Waals surface area contributed by atoms with E-state index in [2.05, 4.69) is 72.0 Å². The number of benzene rings is 1. The molecule has 1 saturated carbocycles. The van der Waals surface area contributed by atoms with E-state index >= 15 is 0 Å². The van der Waals surface area contributed by atoms with Crippen molar-refractivity contribution < 1.29 is 0 Å². The van der Waals surface area contributed by atoms with Crippen LogP contribution in [0.5, 0.6) is 0 Å². The predicted octanol–water partition coefficient (Wildman–Crippen LogP) is 3.26. The maximum absolute atomic E-state index is 6.01. The van der Waals surface area contributed by atoms with E-state index in [4.69, 9.17) is 5.73 Å². The topological polar surface area (TPSA) is 32.5 Å². The normalized spacial score (nSPS) is 18.4. The molecule has 0 bridgehead atoms. The quantitative estimate of drug-likeness (QED) is 0.851. The Morgan fingerprint density at radius 1 is 1.29 bits per heavy atom. The lowest BCUT2D eigenvalue weighted by atomic mass is 9.75. The summed E-state index contributed by atoms with van der Waals surface area (Å²) in [5, 5.41) is 0. The van der Waals surface area contributed by atoms with Crippen LogP contribution in [0.25, 0.3) is 0 Å². The number of anilines is 1. The molecular formula is C17H28BrN3. The number of rotatable bonds is 6. The molecule has 0 aromatic heterocycles. The molecule has 1 atom stereocenters. The first kappa shape index (κ1) is 16.8. The molecule has 1 aromatic carbocycles. The first-order valence-corrected chi connectivity index (χ1v) is 8.56. The average Bonchev–Trinajstić information content (AvgIpc) is 2.32. The van der Waals surface area contributed by atoms with Gasteiger partial charge in [-0.3, -0.25) is 0 Å². The Kier molecular flexibility index (Phi) is 5.33. The van der Waals surface area contributed by atoms with Gasteiger partial charge in [0.1, 0.15) is 0 Å². The third kappa shape index (κ3) is 3.79. The Labute approximate surface area is 137 Å². The Bertz CT molecular complexity index is 481. The number of hydrogen-bond acceptors (Lipinski definition) is 3. The number of halogens is 1. The number of nitrogens with two attached hydrogens (primary N) is 1. The summed E-state index contributed by atoms with van der Waals surface area (Å²) in [5.41, 5.74) is 8.99. The minimum absolute atomic E-state index is 0.179. The zero-order chi connectivity index (χ0) is 15.6. The predicted molar refractivity (Wildman–Crippen MR) is 95.0 cm³/mol. The van der Waals surface area contributed by atoms with Gasteiger partial charge >= 0.3 is 0 Å². The van der Waals surface area contributed by atoms with Crippen LogP contribution in [0.4, 0.5) is 5.69 Å². The second kappa shape index (κ2) is 6.67. The van der Waals surface area contributed by atoms with Crippen molar-refractivity contribution in [2.24, 2.45) is 5.73 Å². The van der Waals surface area contributed by atoms with Crippen LogP contribution < -0.4 is 10.6 Å². The fourth-order valence-electron chi connectivity index (χ4n) is 3.30. The number of hydrogen-bond donors (Lipinski definition) is 1. The van der Waals surface area contributed by atoms with Gasteiger partial charge < -0.3 is 15.5 Å². The molecule has 2 N–H and O–H groups in total. The van der Waals surface area contributed by atoms with Gasteiger partial charge in [0.25, 0.3) is 0 Å². The van der Waals surface area contributed by atoms with Crippen LogP contribution in [0.2, 0.25) is 0 Å². The third-order valence-electron chi connectivity index (χ3n) is 4.76. The van der Waals surface area contributed by atoms with Crippen LogP contribution in [0.3, 0.4) is 0 Å². The van der Waals surface area contributed by atoms with Crippen molar-refractivity contribution in [2.45, 2.75) is 44.2 Å². The van der Waals surface area contributed by atoms with E-state index in [9.17, 15) is 0 Å². The zero-order valence-corrected chi connectivity index (χ0v) is 15.3. The second-order valence-corrected chi connectivity index (χ2v) is 7.70. The summed E-state index contributed by atoms with van der Waals surface area (Å²) in [5.74, 6) is 0. The lowest BCUT2D eigenvalue weighted by Crippen LogP contribution is -2.56. The average molecular weight is 354 g/mol. The Morgan fingerprint density at radius 3 is 2.43 bits per heavy atom. The molecule has 3 nitrogen and oxygen atoms in total. The summed E-state index contributed by atoms with van der Waals surface area (Å²) in [7, 11) is 6.62. The van der Waals surface area contributed by atoms with Crippen molar-refractivity contribution >= 4 is 21.6 Å². The number of likely N-dealkylation sites (N-methyl/N-ethyl adjacent to an activating group) is 2. The lowest BCUT2D eigenvalue weighted by molar-refractivity contribution is 0.0683. The summed E-state index contributed by atoms with van der Waals surface area (Å²) in [4.78, 5) is 4.81. The molecule has 0 heterocycles. The van der Waals surface area contributed by atoms with E-state index in [1.807, 2.05) is 0 Å². The Balaban J connectivity index is 2.20. The van der Waals surface area contributed by atoms with E-state index in [0.717, 1.165) is 17.4 Å². The number of nitrogens with zero attached hydrogens (tertiary/aromatic N) is 2. The van der Waals surface area contributed by atoms with Crippen molar-refractivity contribution in [2.75, 3.05) is 32.6 Å². The molecule has 21 heavy (non-hydrogen) atoms. The molecule has 1 unspecified atom stereocenters. The second-order valence-electron chi connectivity index (χ2n) is 6.78. The van der Waals surface area contributed by atoms with Crippen LogP contribution in [0.15, 0.2) is 22.7 Å². The van der Waals surface area contributed by atoms with Gasteiger partial charge in [-0.25, -0.2) is 0 Å². The molecule has 0 radical (unpaired) electrons. The molecule has 2 rings (SSSR count). The first-order chi connectivity index (χ1) is 9.84. The van der Waals surface area contributed by atoms with Crippen molar-refractivity contribution in [1.82, 2.24) is 4.90 Å². The van der Waals surface area contributed by atoms with Crippen molar-refractivity contribution in [1.29, 1.82) is 0 Å². The van der Waals surface area contributed by atoms with Gasteiger partial charge in [-0.05, 0) is 70.5 Å². The highest BCUT2D eigenvalue weighted by Gasteiger charge is 2.40. The van der Waals surface area contributed by atoms with Gasteiger partial charge in [0.05, 0.1) is 0 Å². The Hall–Kier alpha value is -0.580. The van der Waals surface area contributed by atoms with Gasteiger partial charge in [0, 0.05) is 35.3 Å². The molecule has 118 valence electrons. The van der Waals surface area contributed by atoms with E-state index < -0.39 is 0 Å². The fourth-order valence-corrected chi connectivity index (χ4v) is 3.70. The molecule has 0 aliphatic heterocycles. The van der Waals surface area contributed by atoms with Gasteiger partial charge in [-0.1, -0.05) is 15.9 Å². The van der Waals surface area contributed by atoms with Gasteiger partial charge in [-0.15, -0.1) is 0 Å². The summed E-state index contributed by atoms with van der Waals surface area (Å²) in [6.45, 7) is 3.14. The molecule has 1 aliphatic rings. The van der Waals surface area contributed by atoms with E-state index in [0.29, 0.717) is 5.54 Å². The highest BCUT2D eigenvalue weighted by molar-refractivity contribution is 9.10. The summed E-state index contributed by atoms with van der Waals surface area (Å²) < 4.78 is 1.13. The van der Waals surface area contributed by atoms with Crippen molar-refractivity contribution in [3.63, 3.8) is 0 Å². The molecule has 0 spiro atoms. The molecule has 4 heteroatoms. The van der Waals surface area contributed by atoms with Crippen molar-refractivity contribution in [3.8, 4) is 0 Å². The van der Waals surface area contributed by atoms with Crippen LogP contribution in [0.1, 0.15) is 31.7 Å². The van der Waals surface area contributed by atoms with Gasteiger partial charge in [0.2, 0.25) is 0 Å². The monoisotopic (exact) mass is 353 g/mol. The summed E-state index contributed by atoms with van der Waals surface area (Å²) in [6, 6.07) is 6.72. The highest BCUT2D eigenvalue weighted by atomic mass is 79.9. The first-order valence-electron chi connectivity index (χ1n) is 7.77. The smallest absolute Gasteiger partial charge is 0.0398 e. The largest absolute Gasteiger partial charge is 0.373 e. The van der Waals surface area contributed by atoms with Crippen LogP contribution in [0, 0.1) is 0 Å². The van der Waals surface area contributed by atoms with Crippen LogP contribution >= 0.6 is 15.9 Å². The maximum atomic E-state index is 6.01. The standard InChI is InChI=1S/C17H28BrN3/c1-13(19)10-14-11-15(18)6-7-16(14)21(4)12-17(20(2)3)8-5-9-17/h6-7,11,13H,5,8-10,12,19H2,1-4H3. The van der Waals surface area contributed by atoms with Crippen molar-refractivity contribution in [3.05, 3.63) is 28.2 Å². The van der Waals surface area contributed by atoms with E-state index in [1.165, 1.54) is 30.5 Å². The molecule has 1 aliphatic carbocycles. The molecule has 1 fully saturated rings. The van der Waals surface area contributed by atoms with Gasteiger partial charge in [0.15, 0.2) is 0 Å². The lowest BCUT2D eigenvalue weighted by Gasteiger charge is -2.49. The van der Waals surface area contributed by atoms with Crippen LogP contribution in [-0.2, 0) is 6.42 Å². The third-order valence-corrected chi connectivity index (χ3v) is 5.25.